The first-order chi connectivity index (χ1) is 16.6. The Balaban J connectivity index is 1.44. The number of nitrogens with zero attached hydrogens (tertiary/aromatic N) is 5. The maximum absolute atomic E-state index is 13.5. The second-order valence-electron chi connectivity index (χ2n) is 9.59. The molecule has 0 radical (unpaired) electrons. The highest BCUT2D eigenvalue weighted by molar-refractivity contribution is 7.89. The lowest BCUT2D eigenvalue weighted by atomic mass is 9.70. The summed E-state index contributed by atoms with van der Waals surface area (Å²) in [7, 11) is -2.30. The Morgan fingerprint density at radius 2 is 2.03 bits per heavy atom. The van der Waals surface area contributed by atoms with Crippen molar-refractivity contribution in [2.24, 2.45) is 24.1 Å². The van der Waals surface area contributed by atoms with Crippen molar-refractivity contribution in [2.75, 3.05) is 13.2 Å². The minimum atomic E-state index is -3.91. The van der Waals surface area contributed by atoms with Crippen molar-refractivity contribution >= 4 is 27.7 Å². The van der Waals surface area contributed by atoms with Crippen LogP contribution in [0, 0.1) is 24.1 Å². The van der Waals surface area contributed by atoms with Gasteiger partial charge in [-0.2, -0.15) is 14.5 Å². The fourth-order valence-electron chi connectivity index (χ4n) is 5.56. The molecule has 2 atom stereocenters. The summed E-state index contributed by atoms with van der Waals surface area (Å²) < 4.78 is 44.9. The van der Waals surface area contributed by atoms with Crippen molar-refractivity contribution in [1.29, 1.82) is 0 Å². The molecule has 0 aliphatic heterocycles. The normalized spacial score (nSPS) is 21.8. The van der Waals surface area contributed by atoms with Crippen LogP contribution in [0.5, 0.6) is 0 Å². The van der Waals surface area contributed by atoms with Crippen LogP contribution in [-0.2, 0) is 23.5 Å². The van der Waals surface area contributed by atoms with Gasteiger partial charge < -0.3 is 5.73 Å². The maximum atomic E-state index is 13.5. The molecule has 0 spiro atoms. The summed E-state index contributed by atoms with van der Waals surface area (Å²) >= 11 is 6.29. The highest BCUT2D eigenvalue weighted by Crippen LogP contribution is 2.53. The number of hydrogen-bond donors (Lipinski definition) is 1. The number of fused-ring (bicyclic) bond motifs is 2. The van der Waals surface area contributed by atoms with Crippen molar-refractivity contribution < 1.29 is 12.8 Å². The van der Waals surface area contributed by atoms with E-state index in [1.807, 2.05) is 10.9 Å². The molecule has 0 amide bonds. The molecule has 2 heterocycles. The molecule has 0 saturated heterocycles. The van der Waals surface area contributed by atoms with Crippen molar-refractivity contribution in [2.45, 2.75) is 38.0 Å². The van der Waals surface area contributed by atoms with Gasteiger partial charge in [0.2, 0.25) is 10.0 Å². The Morgan fingerprint density at radius 1 is 1.31 bits per heavy atom. The summed E-state index contributed by atoms with van der Waals surface area (Å²) in [6.07, 6.45) is 6.47. The monoisotopic (exact) mass is 518 g/mol. The second kappa shape index (κ2) is 8.55. The van der Waals surface area contributed by atoms with Gasteiger partial charge in [0.05, 0.1) is 29.9 Å². The van der Waals surface area contributed by atoms with Gasteiger partial charge in [-0.05, 0) is 73.4 Å². The zero-order chi connectivity index (χ0) is 25.1. The van der Waals surface area contributed by atoms with E-state index < -0.39 is 10.0 Å². The first-order valence-corrected chi connectivity index (χ1v) is 13.3. The van der Waals surface area contributed by atoms with E-state index in [0.29, 0.717) is 12.2 Å². The molecule has 2 aliphatic carbocycles. The molecule has 2 aliphatic rings. The molecule has 35 heavy (non-hydrogen) atoms. The molecule has 1 saturated carbocycles. The Labute approximate surface area is 209 Å². The minimum Gasteiger partial charge on any atom is -0.317 e. The number of rotatable bonds is 6. The molecule has 0 bridgehead atoms. The van der Waals surface area contributed by atoms with Crippen LogP contribution in [0.4, 0.5) is 4.39 Å². The average molecular weight is 519 g/mol. The van der Waals surface area contributed by atoms with E-state index in [2.05, 4.69) is 23.2 Å². The molecule has 186 valence electrons. The lowest BCUT2D eigenvalue weighted by Gasteiger charge is -2.38. The third-order valence-corrected chi connectivity index (χ3v) is 10.1. The number of aryl methyl sites for hydroxylation is 2. The smallest absolute Gasteiger partial charge is 0.249 e. The molecule has 0 unspecified atom stereocenters. The largest absolute Gasteiger partial charge is 0.317 e. The van der Waals surface area contributed by atoms with Gasteiger partial charge in [0.15, 0.2) is 0 Å². The van der Waals surface area contributed by atoms with Crippen LogP contribution < -0.4 is 5.73 Å². The third-order valence-electron chi connectivity index (χ3n) is 7.55. The fourth-order valence-corrected chi connectivity index (χ4v) is 7.62. The summed E-state index contributed by atoms with van der Waals surface area (Å²) in [5.74, 6) is -0.216. The topological polar surface area (TPSA) is 99.0 Å². The summed E-state index contributed by atoms with van der Waals surface area (Å²) in [6, 6.07) is 6.27. The van der Waals surface area contributed by atoms with Crippen molar-refractivity contribution in [3.8, 4) is 5.69 Å². The van der Waals surface area contributed by atoms with Crippen LogP contribution in [0.1, 0.15) is 36.7 Å². The number of hydrogen-bond acceptors (Lipinski definition) is 5. The number of aromatic nitrogens is 4. The molecule has 1 fully saturated rings. The van der Waals surface area contributed by atoms with Crippen LogP contribution in [0.25, 0.3) is 11.8 Å². The average Bonchev–Trinajstić information content (AvgIpc) is 3.43. The Morgan fingerprint density at radius 3 is 2.66 bits per heavy atom. The van der Waals surface area contributed by atoms with E-state index in [-0.39, 0.29) is 33.9 Å². The quantitative estimate of drug-likeness (QED) is 0.502. The van der Waals surface area contributed by atoms with Gasteiger partial charge in [0.1, 0.15) is 15.9 Å². The Hall–Kier alpha value is -2.53. The van der Waals surface area contributed by atoms with E-state index in [0.717, 1.165) is 36.2 Å². The zero-order valence-corrected chi connectivity index (χ0v) is 21.4. The number of sulfonamides is 1. The molecule has 11 heteroatoms. The van der Waals surface area contributed by atoms with Crippen LogP contribution in [0.2, 0.25) is 5.15 Å². The van der Waals surface area contributed by atoms with Gasteiger partial charge in [0, 0.05) is 13.6 Å². The fraction of sp³-hybridized carbons (Fsp3) is 0.417. The number of allylic oxidation sites excluding steroid dienone is 1. The standard InChI is InChI=1S/C24H28ClFN6O2S/c1-15-22(23(25)30(3)29-15)35(33,34)31(14-27)13-18-5-4-17-10-21-16(11-24(17,18)2)12-28-32(21)20-8-6-19(26)7-9-20/h6-10,12,18H,4-5,11,13-14,27H2,1-3H3/t18-,24+/m1/s1. The van der Waals surface area contributed by atoms with Gasteiger partial charge in [-0.1, -0.05) is 24.1 Å². The van der Waals surface area contributed by atoms with E-state index in [4.69, 9.17) is 17.3 Å². The van der Waals surface area contributed by atoms with Crippen LogP contribution in [0.15, 0.2) is 40.9 Å². The van der Waals surface area contributed by atoms with Gasteiger partial charge in [-0.3, -0.25) is 4.68 Å². The summed E-state index contributed by atoms with van der Waals surface area (Å²) in [4.78, 5) is 0.0116. The molecule has 2 aromatic heterocycles. The Kier molecular flexibility index (Phi) is 5.90. The molecular weight excluding hydrogens is 491 g/mol. The second-order valence-corrected chi connectivity index (χ2v) is 11.8. The molecular formula is C24H28ClFN6O2S. The van der Waals surface area contributed by atoms with Crippen molar-refractivity contribution in [3.05, 3.63) is 64.0 Å². The van der Waals surface area contributed by atoms with Gasteiger partial charge in [0.25, 0.3) is 0 Å². The Bertz CT molecular complexity index is 1430. The van der Waals surface area contributed by atoms with E-state index in [9.17, 15) is 12.8 Å². The lowest BCUT2D eigenvalue weighted by molar-refractivity contribution is 0.222. The highest BCUT2D eigenvalue weighted by Gasteiger charge is 2.47. The van der Waals surface area contributed by atoms with Gasteiger partial charge in [-0.15, -0.1) is 0 Å². The van der Waals surface area contributed by atoms with Crippen molar-refractivity contribution in [3.63, 3.8) is 0 Å². The van der Waals surface area contributed by atoms with Gasteiger partial charge in [-0.25, -0.2) is 17.5 Å². The maximum Gasteiger partial charge on any atom is 0.249 e. The SMILES string of the molecule is Cc1nn(C)c(Cl)c1S(=O)(=O)N(CN)C[C@H]1CCC2=Cc3c(cnn3-c3ccc(F)cc3)C[C@@]21C. The first-order valence-electron chi connectivity index (χ1n) is 11.5. The van der Waals surface area contributed by atoms with E-state index >= 15 is 0 Å². The molecule has 1 aromatic carbocycles. The summed E-state index contributed by atoms with van der Waals surface area (Å²) in [5.41, 5.74) is 10.2. The highest BCUT2D eigenvalue weighted by atomic mass is 35.5. The zero-order valence-electron chi connectivity index (χ0n) is 19.9. The van der Waals surface area contributed by atoms with Gasteiger partial charge >= 0.3 is 0 Å². The van der Waals surface area contributed by atoms with Crippen LogP contribution in [-0.4, -0.2) is 45.5 Å². The lowest BCUT2D eigenvalue weighted by Crippen LogP contribution is -2.43. The predicted molar refractivity (Wildman–Crippen MR) is 132 cm³/mol. The number of benzene rings is 1. The van der Waals surface area contributed by atoms with Crippen LogP contribution >= 0.6 is 11.6 Å². The predicted octanol–water partition coefficient (Wildman–Crippen LogP) is 3.67. The number of halogens is 2. The molecule has 3 aromatic rings. The first kappa shape index (κ1) is 24.2. The summed E-state index contributed by atoms with van der Waals surface area (Å²) in [5, 5.41) is 8.80. The van der Waals surface area contributed by atoms with Crippen molar-refractivity contribution in [1.82, 2.24) is 23.9 Å². The summed E-state index contributed by atoms with van der Waals surface area (Å²) in [6.45, 7) is 3.97. The van der Waals surface area contributed by atoms with Crippen LogP contribution in [0.3, 0.4) is 0 Å². The third kappa shape index (κ3) is 3.83. The molecule has 5 rings (SSSR count). The molecule has 2 N–H and O–H groups in total. The van der Waals surface area contributed by atoms with E-state index in [1.165, 1.54) is 26.7 Å². The van der Waals surface area contributed by atoms with E-state index in [1.54, 1.807) is 26.1 Å². The molecule has 8 nitrogen and oxygen atoms in total. The number of nitrogens with two attached hydrogens (primary N) is 1. The minimum absolute atomic E-state index is 0.0116.